The molecule has 0 saturated heterocycles. The fourth-order valence-electron chi connectivity index (χ4n) is 4.27. The number of rotatable bonds is 4. The van der Waals surface area contributed by atoms with E-state index in [4.69, 9.17) is 21.1 Å². The summed E-state index contributed by atoms with van der Waals surface area (Å²) < 4.78 is 12.2. The first-order chi connectivity index (χ1) is 15.5. The first-order valence-corrected chi connectivity index (χ1v) is 11.1. The molecule has 0 radical (unpaired) electrons. The van der Waals surface area contributed by atoms with Crippen LogP contribution in [0.2, 0.25) is 5.02 Å². The van der Waals surface area contributed by atoms with E-state index in [1.165, 1.54) is 5.56 Å². The lowest BCUT2D eigenvalue weighted by Gasteiger charge is -2.30. The average molecular weight is 446 g/mol. The van der Waals surface area contributed by atoms with Gasteiger partial charge in [0, 0.05) is 18.1 Å². The molecule has 0 bridgehead atoms. The number of benzene rings is 3. The van der Waals surface area contributed by atoms with Crippen LogP contribution in [0, 0.1) is 13.8 Å². The van der Waals surface area contributed by atoms with E-state index >= 15 is 0 Å². The minimum absolute atomic E-state index is 0.0694. The van der Waals surface area contributed by atoms with E-state index in [2.05, 4.69) is 4.90 Å². The van der Waals surface area contributed by atoms with Crippen molar-refractivity contribution < 1.29 is 14.3 Å². The summed E-state index contributed by atoms with van der Waals surface area (Å²) in [5.74, 6) is 1.73. The molecule has 5 heteroatoms. The normalized spacial score (nSPS) is 16.5. The van der Waals surface area contributed by atoms with Crippen LogP contribution >= 0.6 is 11.6 Å². The summed E-state index contributed by atoms with van der Waals surface area (Å²) in [6.45, 7) is 6.00. The zero-order chi connectivity index (χ0) is 22.2. The molecule has 2 aliphatic heterocycles. The molecule has 32 heavy (non-hydrogen) atoms. The zero-order valence-corrected chi connectivity index (χ0v) is 18.9. The van der Waals surface area contributed by atoms with Crippen LogP contribution in [0.1, 0.15) is 38.2 Å². The highest BCUT2D eigenvalue weighted by atomic mass is 35.5. The monoisotopic (exact) mass is 445 g/mol. The summed E-state index contributed by atoms with van der Waals surface area (Å²) in [6.07, 6.45) is 2.71. The lowest BCUT2D eigenvalue weighted by molar-refractivity contribution is 0.0949. The maximum Gasteiger partial charge on any atom is 0.232 e. The Morgan fingerprint density at radius 2 is 1.91 bits per heavy atom. The predicted molar refractivity (Wildman–Crippen MR) is 126 cm³/mol. The highest BCUT2D eigenvalue weighted by Crippen LogP contribution is 2.44. The van der Waals surface area contributed by atoms with Crippen LogP contribution in [0.25, 0.3) is 6.08 Å². The Labute approximate surface area is 193 Å². The summed E-state index contributed by atoms with van der Waals surface area (Å²) in [5, 5.41) is 0.742. The Balaban J connectivity index is 1.39. The van der Waals surface area contributed by atoms with Crippen molar-refractivity contribution in [2.75, 3.05) is 13.3 Å². The van der Waals surface area contributed by atoms with E-state index in [9.17, 15) is 4.79 Å². The number of allylic oxidation sites excluding steroid dienone is 1. The third kappa shape index (κ3) is 4.04. The first kappa shape index (κ1) is 20.8. The van der Waals surface area contributed by atoms with Gasteiger partial charge in [-0.1, -0.05) is 53.6 Å². The Hall–Kier alpha value is -3.08. The van der Waals surface area contributed by atoms with E-state index in [0.717, 1.165) is 46.0 Å². The van der Waals surface area contributed by atoms with Crippen molar-refractivity contribution in [3.63, 3.8) is 0 Å². The van der Waals surface area contributed by atoms with E-state index < -0.39 is 0 Å². The molecule has 2 aliphatic rings. The molecule has 2 heterocycles. The van der Waals surface area contributed by atoms with Gasteiger partial charge in [0.05, 0.1) is 11.1 Å². The molecular formula is C27H24ClNO3. The minimum Gasteiger partial charge on any atom is -0.478 e. The smallest absolute Gasteiger partial charge is 0.232 e. The molecule has 162 valence electrons. The lowest BCUT2D eigenvalue weighted by Crippen LogP contribution is -2.33. The van der Waals surface area contributed by atoms with Gasteiger partial charge in [-0.2, -0.15) is 0 Å². The third-order valence-electron chi connectivity index (χ3n) is 5.96. The van der Waals surface area contributed by atoms with Crippen molar-refractivity contribution in [1.82, 2.24) is 4.90 Å². The van der Waals surface area contributed by atoms with E-state index in [1.54, 1.807) is 0 Å². The van der Waals surface area contributed by atoms with Crippen LogP contribution in [0.5, 0.6) is 11.5 Å². The molecule has 0 spiro atoms. The topological polar surface area (TPSA) is 38.8 Å². The van der Waals surface area contributed by atoms with Gasteiger partial charge in [0.1, 0.15) is 18.2 Å². The number of ether oxygens (including phenoxy) is 2. The number of nitrogens with zero attached hydrogens (tertiary/aromatic N) is 1. The SMILES string of the molecule is Cc1cccc(/C=C2/Oc3c4c(cc(C)c3C2=O)OCN(CCc2ccc(Cl)cc2)C4)c1. The van der Waals surface area contributed by atoms with Crippen LogP contribution in [0.3, 0.4) is 0 Å². The summed E-state index contributed by atoms with van der Waals surface area (Å²) >= 11 is 5.99. The van der Waals surface area contributed by atoms with Gasteiger partial charge in [-0.05, 0) is 61.2 Å². The second-order valence-corrected chi connectivity index (χ2v) is 8.87. The molecule has 0 saturated carbocycles. The minimum atomic E-state index is -0.0694. The zero-order valence-electron chi connectivity index (χ0n) is 18.2. The van der Waals surface area contributed by atoms with Crippen LogP contribution in [-0.4, -0.2) is 24.0 Å². The highest BCUT2D eigenvalue weighted by molar-refractivity contribution is 6.30. The Bertz CT molecular complexity index is 1230. The van der Waals surface area contributed by atoms with E-state index in [1.807, 2.05) is 74.5 Å². The van der Waals surface area contributed by atoms with Gasteiger partial charge in [-0.3, -0.25) is 9.69 Å². The molecule has 0 N–H and O–H groups in total. The highest BCUT2D eigenvalue weighted by Gasteiger charge is 2.35. The second-order valence-electron chi connectivity index (χ2n) is 8.43. The molecule has 3 aromatic carbocycles. The van der Waals surface area contributed by atoms with Crippen molar-refractivity contribution in [2.45, 2.75) is 26.8 Å². The first-order valence-electron chi connectivity index (χ1n) is 10.7. The summed E-state index contributed by atoms with van der Waals surface area (Å²) in [4.78, 5) is 15.4. The maximum atomic E-state index is 13.2. The number of Topliss-reactive ketones (excluding diaryl/α,β-unsaturated/α-hetero) is 1. The van der Waals surface area contributed by atoms with Gasteiger partial charge < -0.3 is 9.47 Å². The van der Waals surface area contributed by atoms with Crippen LogP contribution in [-0.2, 0) is 13.0 Å². The number of halogens is 1. The Morgan fingerprint density at radius 1 is 1.09 bits per heavy atom. The predicted octanol–water partition coefficient (Wildman–Crippen LogP) is 5.97. The molecule has 0 aromatic heterocycles. The molecule has 0 atom stereocenters. The van der Waals surface area contributed by atoms with Crippen LogP contribution in [0.15, 0.2) is 60.4 Å². The van der Waals surface area contributed by atoms with Gasteiger partial charge in [-0.15, -0.1) is 0 Å². The van der Waals surface area contributed by atoms with Gasteiger partial charge >= 0.3 is 0 Å². The lowest BCUT2D eigenvalue weighted by atomic mass is 9.98. The van der Waals surface area contributed by atoms with Crippen LogP contribution < -0.4 is 9.47 Å². The second kappa shape index (κ2) is 8.45. The largest absolute Gasteiger partial charge is 0.478 e. The Kier molecular flexibility index (Phi) is 5.50. The number of carbonyl (C=O) groups excluding carboxylic acids is 1. The van der Waals surface area contributed by atoms with Crippen LogP contribution in [0.4, 0.5) is 0 Å². The number of ketones is 1. The number of fused-ring (bicyclic) bond motifs is 3. The van der Waals surface area contributed by atoms with Gasteiger partial charge in [-0.25, -0.2) is 0 Å². The molecule has 0 fully saturated rings. The van der Waals surface area contributed by atoms with E-state index in [0.29, 0.717) is 30.3 Å². The quantitative estimate of drug-likeness (QED) is 0.464. The number of hydrogen-bond acceptors (Lipinski definition) is 4. The van der Waals surface area contributed by atoms with Gasteiger partial charge in [0.2, 0.25) is 5.78 Å². The van der Waals surface area contributed by atoms with Gasteiger partial charge in [0.15, 0.2) is 5.76 Å². The van der Waals surface area contributed by atoms with Crippen molar-refractivity contribution in [2.24, 2.45) is 0 Å². The molecule has 0 amide bonds. The summed E-state index contributed by atoms with van der Waals surface area (Å²) in [7, 11) is 0. The fraction of sp³-hybridized carbons (Fsp3) is 0.222. The Morgan fingerprint density at radius 3 is 2.69 bits per heavy atom. The summed E-state index contributed by atoms with van der Waals surface area (Å²) in [5.41, 5.74) is 5.78. The van der Waals surface area contributed by atoms with Crippen molar-refractivity contribution >= 4 is 23.5 Å². The van der Waals surface area contributed by atoms with Gasteiger partial charge in [0.25, 0.3) is 0 Å². The fourth-order valence-corrected chi connectivity index (χ4v) is 4.39. The van der Waals surface area contributed by atoms with Crippen molar-refractivity contribution in [3.8, 4) is 11.5 Å². The van der Waals surface area contributed by atoms with Crippen molar-refractivity contribution in [1.29, 1.82) is 0 Å². The molecular weight excluding hydrogens is 422 g/mol. The standard InChI is InChI=1S/C27H24ClNO3/c1-17-4-3-5-20(12-17)14-24-26(30)25-18(2)13-23-22(27(25)32-24)15-29(16-31-23)11-10-19-6-8-21(28)9-7-19/h3-9,12-14H,10-11,15-16H2,1-2H3/b24-14+. The molecule has 0 unspecified atom stereocenters. The number of aryl methyl sites for hydroxylation is 2. The molecule has 5 rings (SSSR count). The molecule has 4 nitrogen and oxygen atoms in total. The summed E-state index contributed by atoms with van der Waals surface area (Å²) in [6, 6.07) is 17.9. The third-order valence-corrected chi connectivity index (χ3v) is 6.21. The van der Waals surface area contributed by atoms with Crippen molar-refractivity contribution in [3.05, 3.63) is 98.8 Å². The van der Waals surface area contributed by atoms with E-state index in [-0.39, 0.29) is 5.78 Å². The molecule has 0 aliphatic carbocycles. The number of hydrogen-bond donors (Lipinski definition) is 0. The average Bonchev–Trinajstić information content (AvgIpc) is 3.10. The molecule has 3 aromatic rings. The number of carbonyl (C=O) groups is 1. The maximum absolute atomic E-state index is 13.2.